The van der Waals surface area contributed by atoms with Gasteiger partial charge in [0, 0.05) is 0 Å². The van der Waals surface area contributed by atoms with Crippen LogP contribution in [0, 0.1) is 0 Å². The van der Waals surface area contributed by atoms with Crippen LogP contribution >= 0.6 is 11.6 Å². The zero-order valence-corrected chi connectivity index (χ0v) is 9.06. The van der Waals surface area contributed by atoms with Gasteiger partial charge in [0.25, 0.3) is 0 Å². The molecule has 80 valence electrons. The van der Waals surface area contributed by atoms with Crippen molar-refractivity contribution in [1.82, 2.24) is 0 Å². The molecule has 0 saturated carbocycles. The van der Waals surface area contributed by atoms with Gasteiger partial charge >= 0.3 is 0 Å². The Labute approximate surface area is 94.5 Å². The SMILES string of the molecule is ClC[C@H]1CO[C@@H](/C=C\c2ccccc2)O1. The third-order valence-corrected chi connectivity index (χ3v) is 2.53. The molecule has 15 heavy (non-hydrogen) atoms. The molecule has 0 amide bonds. The van der Waals surface area contributed by atoms with Crippen LogP contribution in [0.4, 0.5) is 0 Å². The molecule has 1 saturated heterocycles. The minimum atomic E-state index is -0.256. The molecule has 0 aromatic heterocycles. The molecule has 2 rings (SSSR count). The third kappa shape index (κ3) is 3.06. The van der Waals surface area contributed by atoms with Gasteiger partial charge in [-0.15, -0.1) is 11.6 Å². The summed E-state index contributed by atoms with van der Waals surface area (Å²) in [6.45, 7) is 0.577. The number of benzene rings is 1. The lowest BCUT2D eigenvalue weighted by atomic mass is 10.2. The molecule has 2 atom stereocenters. The fourth-order valence-electron chi connectivity index (χ4n) is 1.41. The van der Waals surface area contributed by atoms with Gasteiger partial charge in [0.05, 0.1) is 18.6 Å². The molecular formula is C12H13ClO2. The van der Waals surface area contributed by atoms with Crippen LogP contribution in [-0.2, 0) is 9.47 Å². The van der Waals surface area contributed by atoms with Gasteiger partial charge in [-0.1, -0.05) is 36.4 Å². The normalized spacial score (nSPS) is 26.2. The molecule has 1 aliphatic heterocycles. The van der Waals surface area contributed by atoms with Gasteiger partial charge in [0.1, 0.15) is 0 Å². The molecule has 0 N–H and O–H groups in total. The smallest absolute Gasteiger partial charge is 0.177 e. The molecule has 1 fully saturated rings. The minimum absolute atomic E-state index is 0.0251. The summed E-state index contributed by atoms with van der Waals surface area (Å²) < 4.78 is 10.9. The minimum Gasteiger partial charge on any atom is -0.346 e. The first-order chi connectivity index (χ1) is 7.38. The van der Waals surface area contributed by atoms with Crippen molar-refractivity contribution >= 4 is 17.7 Å². The number of ether oxygens (including phenoxy) is 2. The van der Waals surface area contributed by atoms with Crippen molar-refractivity contribution in [3.63, 3.8) is 0 Å². The second kappa shape index (κ2) is 5.31. The monoisotopic (exact) mass is 224 g/mol. The van der Waals surface area contributed by atoms with Crippen molar-refractivity contribution in [1.29, 1.82) is 0 Å². The maximum absolute atomic E-state index is 5.66. The summed E-state index contributed by atoms with van der Waals surface area (Å²) in [5.41, 5.74) is 1.14. The lowest BCUT2D eigenvalue weighted by molar-refractivity contribution is -0.0149. The van der Waals surface area contributed by atoms with Crippen molar-refractivity contribution in [2.24, 2.45) is 0 Å². The maximum Gasteiger partial charge on any atom is 0.177 e. The van der Waals surface area contributed by atoms with Gasteiger partial charge in [-0.25, -0.2) is 0 Å². The van der Waals surface area contributed by atoms with E-state index in [-0.39, 0.29) is 12.4 Å². The topological polar surface area (TPSA) is 18.5 Å². The Bertz CT molecular complexity index is 324. The largest absolute Gasteiger partial charge is 0.346 e. The quantitative estimate of drug-likeness (QED) is 0.735. The van der Waals surface area contributed by atoms with Crippen molar-refractivity contribution in [3.05, 3.63) is 42.0 Å². The average molecular weight is 225 g/mol. The molecule has 2 nitrogen and oxygen atoms in total. The molecule has 0 aliphatic carbocycles. The molecule has 1 aliphatic rings. The fraction of sp³-hybridized carbons (Fsp3) is 0.333. The molecule has 0 radical (unpaired) electrons. The van der Waals surface area contributed by atoms with E-state index in [2.05, 4.69) is 0 Å². The zero-order chi connectivity index (χ0) is 10.5. The molecule has 0 spiro atoms. The van der Waals surface area contributed by atoms with Crippen LogP contribution in [-0.4, -0.2) is 24.9 Å². The van der Waals surface area contributed by atoms with Crippen LogP contribution in [0.25, 0.3) is 6.08 Å². The predicted molar refractivity (Wildman–Crippen MR) is 60.8 cm³/mol. The van der Waals surface area contributed by atoms with E-state index in [4.69, 9.17) is 21.1 Å². The standard InChI is InChI=1S/C12H13ClO2/c13-8-11-9-14-12(15-11)7-6-10-4-2-1-3-5-10/h1-7,11-12H,8-9H2/b7-6-/t11-,12+/m0/s1. The summed E-state index contributed by atoms with van der Waals surface area (Å²) >= 11 is 5.66. The Hall–Kier alpha value is -0.830. The second-order valence-corrected chi connectivity index (χ2v) is 3.69. The van der Waals surface area contributed by atoms with Gasteiger partial charge in [-0.2, -0.15) is 0 Å². The molecule has 3 heteroatoms. The Balaban J connectivity index is 1.90. The zero-order valence-electron chi connectivity index (χ0n) is 8.30. The number of hydrogen-bond donors (Lipinski definition) is 0. The lowest BCUT2D eigenvalue weighted by Gasteiger charge is -2.04. The van der Waals surface area contributed by atoms with Gasteiger partial charge in [0.15, 0.2) is 6.29 Å². The number of halogens is 1. The van der Waals surface area contributed by atoms with Gasteiger partial charge in [-0.05, 0) is 11.6 Å². The first kappa shape index (κ1) is 10.7. The highest BCUT2D eigenvalue weighted by Crippen LogP contribution is 2.15. The summed E-state index contributed by atoms with van der Waals surface area (Å²) in [7, 11) is 0. The first-order valence-electron chi connectivity index (χ1n) is 4.95. The number of alkyl halides is 1. The lowest BCUT2D eigenvalue weighted by Crippen LogP contribution is -2.12. The van der Waals surface area contributed by atoms with E-state index in [1.54, 1.807) is 0 Å². The van der Waals surface area contributed by atoms with Crippen molar-refractivity contribution in [2.75, 3.05) is 12.5 Å². The highest BCUT2D eigenvalue weighted by molar-refractivity contribution is 6.18. The predicted octanol–water partition coefficient (Wildman–Crippen LogP) is 2.68. The van der Waals surface area contributed by atoms with Crippen LogP contribution < -0.4 is 0 Å². The van der Waals surface area contributed by atoms with E-state index in [9.17, 15) is 0 Å². The van der Waals surface area contributed by atoms with Gasteiger partial charge < -0.3 is 9.47 Å². The van der Waals surface area contributed by atoms with Crippen molar-refractivity contribution in [2.45, 2.75) is 12.4 Å². The maximum atomic E-state index is 5.66. The molecule has 1 heterocycles. The Morgan fingerprint density at radius 3 is 2.80 bits per heavy atom. The van der Waals surface area contributed by atoms with Gasteiger partial charge in [0.2, 0.25) is 0 Å². The Morgan fingerprint density at radius 1 is 1.33 bits per heavy atom. The van der Waals surface area contributed by atoms with E-state index in [0.29, 0.717) is 12.5 Å². The second-order valence-electron chi connectivity index (χ2n) is 3.38. The van der Waals surface area contributed by atoms with Gasteiger partial charge in [-0.3, -0.25) is 0 Å². The number of rotatable bonds is 3. The highest BCUT2D eigenvalue weighted by Gasteiger charge is 2.22. The summed E-state index contributed by atoms with van der Waals surface area (Å²) in [5.74, 6) is 0.482. The van der Waals surface area contributed by atoms with Crippen molar-refractivity contribution < 1.29 is 9.47 Å². The van der Waals surface area contributed by atoms with E-state index in [0.717, 1.165) is 5.56 Å². The molecular weight excluding hydrogens is 212 g/mol. The third-order valence-electron chi connectivity index (χ3n) is 2.19. The summed E-state index contributed by atoms with van der Waals surface area (Å²) in [6.07, 6.45) is 3.66. The van der Waals surface area contributed by atoms with Crippen LogP contribution in [0.5, 0.6) is 0 Å². The van der Waals surface area contributed by atoms with Crippen LogP contribution in [0.2, 0.25) is 0 Å². The summed E-state index contributed by atoms with van der Waals surface area (Å²) in [5, 5.41) is 0. The molecule has 1 aromatic rings. The van der Waals surface area contributed by atoms with E-state index in [1.165, 1.54) is 0 Å². The van der Waals surface area contributed by atoms with Crippen LogP contribution in [0.3, 0.4) is 0 Å². The Morgan fingerprint density at radius 2 is 2.13 bits per heavy atom. The number of hydrogen-bond acceptors (Lipinski definition) is 2. The molecule has 0 bridgehead atoms. The summed E-state index contributed by atoms with van der Waals surface area (Å²) in [4.78, 5) is 0. The van der Waals surface area contributed by atoms with E-state index < -0.39 is 0 Å². The highest BCUT2D eigenvalue weighted by atomic mass is 35.5. The molecule has 0 unspecified atom stereocenters. The van der Waals surface area contributed by atoms with E-state index in [1.807, 2.05) is 42.5 Å². The first-order valence-corrected chi connectivity index (χ1v) is 5.48. The average Bonchev–Trinajstić information content (AvgIpc) is 2.76. The summed E-state index contributed by atoms with van der Waals surface area (Å²) in [6, 6.07) is 10.0. The van der Waals surface area contributed by atoms with Crippen molar-refractivity contribution in [3.8, 4) is 0 Å². The van der Waals surface area contributed by atoms with Crippen LogP contribution in [0.1, 0.15) is 5.56 Å². The van der Waals surface area contributed by atoms with E-state index >= 15 is 0 Å². The Kier molecular flexibility index (Phi) is 3.78. The molecule has 1 aromatic carbocycles. The fourth-order valence-corrected chi connectivity index (χ4v) is 1.57. The van der Waals surface area contributed by atoms with Crippen LogP contribution in [0.15, 0.2) is 36.4 Å².